The van der Waals surface area contributed by atoms with Crippen molar-refractivity contribution in [1.82, 2.24) is 5.32 Å². The highest BCUT2D eigenvalue weighted by Gasteiger charge is 2.38. The van der Waals surface area contributed by atoms with Gasteiger partial charge in [-0.1, -0.05) is 170 Å². The SMILES string of the molecule is O=C(N[C@H](COC(c1ccccc1)(c1ccccc1)c1ccccc1)Cc1ccccc1)OCC1c2ccccc2-c2ccccc21. The van der Waals surface area contributed by atoms with Gasteiger partial charge in [-0.25, -0.2) is 4.79 Å². The lowest BCUT2D eigenvalue weighted by atomic mass is 9.80. The average Bonchev–Trinajstić information content (AvgIpc) is 3.46. The summed E-state index contributed by atoms with van der Waals surface area (Å²) in [6.07, 6.45) is 0.126. The number of hydrogen-bond acceptors (Lipinski definition) is 3. The molecule has 1 N–H and O–H groups in total. The van der Waals surface area contributed by atoms with Gasteiger partial charge in [-0.3, -0.25) is 0 Å². The van der Waals surface area contributed by atoms with Gasteiger partial charge in [0.25, 0.3) is 0 Å². The molecular formula is C43H37NO3. The van der Waals surface area contributed by atoms with Crippen molar-refractivity contribution >= 4 is 6.09 Å². The van der Waals surface area contributed by atoms with Gasteiger partial charge in [-0.15, -0.1) is 0 Å². The second-order valence-electron chi connectivity index (χ2n) is 11.9. The van der Waals surface area contributed by atoms with Crippen LogP contribution in [-0.2, 0) is 21.5 Å². The molecule has 1 aliphatic carbocycles. The van der Waals surface area contributed by atoms with Crippen molar-refractivity contribution in [3.8, 4) is 11.1 Å². The lowest BCUT2D eigenvalue weighted by Crippen LogP contribution is -2.44. The van der Waals surface area contributed by atoms with Crippen LogP contribution in [0.5, 0.6) is 0 Å². The summed E-state index contributed by atoms with van der Waals surface area (Å²) in [5.74, 6) is -0.0149. The van der Waals surface area contributed by atoms with Crippen molar-refractivity contribution in [2.24, 2.45) is 0 Å². The number of ether oxygens (including phenoxy) is 2. The minimum absolute atomic E-state index is 0.0149. The van der Waals surface area contributed by atoms with E-state index < -0.39 is 11.7 Å². The van der Waals surface area contributed by atoms with Gasteiger partial charge in [0.1, 0.15) is 12.2 Å². The second-order valence-corrected chi connectivity index (χ2v) is 11.9. The molecule has 0 aliphatic heterocycles. The standard InChI is InChI=1S/C43H37NO3/c45-42(46-31-41-39-27-15-13-25-37(39)38-26-14-16-28-40(38)41)44-36(29-32-17-5-1-6-18-32)30-47-43(33-19-7-2-8-20-33,34-21-9-3-10-22-34)35-23-11-4-12-24-35/h1-28,36,41H,29-31H2,(H,44,45)/t36-/m0/s1. The first kappa shape index (κ1) is 30.2. The molecule has 232 valence electrons. The van der Waals surface area contributed by atoms with Crippen LogP contribution in [0, 0.1) is 0 Å². The fourth-order valence-electron chi connectivity index (χ4n) is 6.85. The predicted molar refractivity (Wildman–Crippen MR) is 187 cm³/mol. The first-order valence-electron chi connectivity index (χ1n) is 16.2. The molecule has 1 aliphatic rings. The number of alkyl carbamates (subject to hydrolysis) is 1. The first-order chi connectivity index (χ1) is 23.2. The molecule has 1 atom stereocenters. The average molecular weight is 616 g/mol. The van der Waals surface area contributed by atoms with E-state index in [1.807, 2.05) is 84.9 Å². The van der Waals surface area contributed by atoms with E-state index >= 15 is 0 Å². The second kappa shape index (κ2) is 13.9. The van der Waals surface area contributed by atoms with Crippen LogP contribution in [0.25, 0.3) is 11.1 Å². The van der Waals surface area contributed by atoms with Crippen LogP contribution in [0.2, 0.25) is 0 Å². The molecule has 0 aromatic heterocycles. The Hall–Kier alpha value is -5.45. The summed E-state index contributed by atoms with van der Waals surface area (Å²) in [7, 11) is 0. The molecule has 4 nitrogen and oxygen atoms in total. The van der Waals surface area contributed by atoms with E-state index in [0.717, 1.165) is 22.3 Å². The van der Waals surface area contributed by atoms with Crippen molar-refractivity contribution in [3.05, 3.63) is 203 Å². The van der Waals surface area contributed by atoms with E-state index in [4.69, 9.17) is 9.47 Å². The number of fused-ring (bicyclic) bond motifs is 3. The Morgan fingerprint density at radius 3 is 1.49 bits per heavy atom. The molecule has 0 bridgehead atoms. The summed E-state index contributed by atoms with van der Waals surface area (Å²) in [5, 5.41) is 3.18. The summed E-state index contributed by atoms with van der Waals surface area (Å²) in [6.45, 7) is 0.499. The van der Waals surface area contributed by atoms with E-state index in [1.54, 1.807) is 0 Å². The number of carbonyl (C=O) groups excluding carboxylic acids is 1. The highest BCUT2D eigenvalue weighted by atomic mass is 16.5. The molecule has 0 saturated carbocycles. The van der Waals surface area contributed by atoms with Crippen LogP contribution in [0.15, 0.2) is 170 Å². The maximum absolute atomic E-state index is 13.6. The van der Waals surface area contributed by atoms with Crippen molar-refractivity contribution in [2.45, 2.75) is 24.0 Å². The molecule has 0 radical (unpaired) electrons. The topological polar surface area (TPSA) is 47.6 Å². The minimum Gasteiger partial charge on any atom is -0.449 e. The van der Waals surface area contributed by atoms with Crippen molar-refractivity contribution in [1.29, 1.82) is 0 Å². The van der Waals surface area contributed by atoms with Crippen LogP contribution in [0.1, 0.15) is 39.3 Å². The summed E-state index contributed by atoms with van der Waals surface area (Å²) in [5.41, 5.74) is 8.00. The molecule has 4 heteroatoms. The highest BCUT2D eigenvalue weighted by Crippen LogP contribution is 2.44. The molecule has 0 heterocycles. The van der Waals surface area contributed by atoms with E-state index in [2.05, 4.69) is 90.2 Å². The van der Waals surface area contributed by atoms with Crippen molar-refractivity contribution in [2.75, 3.05) is 13.2 Å². The number of nitrogens with one attached hydrogen (secondary N) is 1. The van der Waals surface area contributed by atoms with E-state index in [1.165, 1.54) is 22.3 Å². The zero-order chi connectivity index (χ0) is 31.9. The van der Waals surface area contributed by atoms with Gasteiger partial charge in [-0.05, 0) is 50.9 Å². The Labute approximate surface area is 276 Å². The van der Waals surface area contributed by atoms with Crippen LogP contribution in [-0.4, -0.2) is 25.3 Å². The normalized spacial score (nSPS) is 12.9. The van der Waals surface area contributed by atoms with Gasteiger partial charge in [0, 0.05) is 5.92 Å². The number of carbonyl (C=O) groups is 1. The smallest absolute Gasteiger partial charge is 0.407 e. The molecule has 0 fully saturated rings. The van der Waals surface area contributed by atoms with E-state index in [9.17, 15) is 4.79 Å². The van der Waals surface area contributed by atoms with Crippen LogP contribution >= 0.6 is 0 Å². The van der Waals surface area contributed by atoms with Gasteiger partial charge in [0.05, 0.1) is 12.6 Å². The van der Waals surface area contributed by atoms with E-state index in [-0.39, 0.29) is 25.2 Å². The molecule has 1 amide bonds. The van der Waals surface area contributed by atoms with Gasteiger partial charge in [-0.2, -0.15) is 0 Å². The van der Waals surface area contributed by atoms with Crippen LogP contribution in [0.3, 0.4) is 0 Å². The lowest BCUT2D eigenvalue weighted by molar-refractivity contribution is -0.000229. The van der Waals surface area contributed by atoms with Gasteiger partial charge in [0.2, 0.25) is 0 Å². The quantitative estimate of drug-likeness (QED) is 0.148. The molecule has 6 aromatic rings. The largest absolute Gasteiger partial charge is 0.449 e. The Bertz CT molecular complexity index is 1770. The highest BCUT2D eigenvalue weighted by molar-refractivity contribution is 5.79. The maximum Gasteiger partial charge on any atom is 0.407 e. The summed E-state index contributed by atoms with van der Waals surface area (Å²) in [6, 6.07) is 57.4. The molecule has 0 unspecified atom stereocenters. The number of benzene rings is 6. The van der Waals surface area contributed by atoms with E-state index in [0.29, 0.717) is 6.42 Å². The minimum atomic E-state index is -0.901. The fourth-order valence-corrected chi connectivity index (χ4v) is 6.85. The summed E-state index contributed by atoms with van der Waals surface area (Å²) < 4.78 is 13.1. The number of hydrogen-bond donors (Lipinski definition) is 1. The summed E-state index contributed by atoms with van der Waals surface area (Å²) in [4.78, 5) is 13.6. The number of amides is 1. The summed E-state index contributed by atoms with van der Waals surface area (Å²) >= 11 is 0. The van der Waals surface area contributed by atoms with Gasteiger partial charge in [0.15, 0.2) is 0 Å². The van der Waals surface area contributed by atoms with Crippen LogP contribution < -0.4 is 5.32 Å². The molecule has 47 heavy (non-hydrogen) atoms. The van der Waals surface area contributed by atoms with Crippen molar-refractivity contribution in [3.63, 3.8) is 0 Å². The Balaban J connectivity index is 1.16. The first-order valence-corrected chi connectivity index (χ1v) is 16.2. The molecule has 0 spiro atoms. The molecule has 6 aromatic carbocycles. The maximum atomic E-state index is 13.6. The van der Waals surface area contributed by atoms with Gasteiger partial charge < -0.3 is 14.8 Å². The monoisotopic (exact) mass is 615 g/mol. The Morgan fingerprint density at radius 1 is 0.574 bits per heavy atom. The van der Waals surface area contributed by atoms with Gasteiger partial charge >= 0.3 is 6.09 Å². The predicted octanol–water partition coefficient (Wildman–Crippen LogP) is 9.15. The third kappa shape index (κ3) is 6.33. The Kier molecular flexibility index (Phi) is 8.94. The molecular weight excluding hydrogens is 578 g/mol. The fraction of sp³-hybridized carbons (Fsp3) is 0.140. The zero-order valence-corrected chi connectivity index (χ0v) is 26.2. The van der Waals surface area contributed by atoms with Crippen LogP contribution in [0.4, 0.5) is 4.79 Å². The lowest BCUT2D eigenvalue weighted by Gasteiger charge is -2.37. The Morgan fingerprint density at radius 2 is 1.00 bits per heavy atom. The van der Waals surface area contributed by atoms with Crippen molar-refractivity contribution < 1.29 is 14.3 Å². The third-order valence-corrected chi connectivity index (χ3v) is 9.03. The number of rotatable bonds is 11. The molecule has 0 saturated heterocycles. The molecule has 7 rings (SSSR count). The zero-order valence-electron chi connectivity index (χ0n) is 26.2. The third-order valence-electron chi connectivity index (χ3n) is 9.03.